The highest BCUT2D eigenvalue weighted by molar-refractivity contribution is 5.94. The predicted molar refractivity (Wildman–Crippen MR) is 96.2 cm³/mol. The average Bonchev–Trinajstić information content (AvgIpc) is 3.05. The van der Waals surface area contributed by atoms with Gasteiger partial charge in [-0.3, -0.25) is 4.79 Å². The fraction of sp³-hybridized carbons (Fsp3) is 0.316. The van der Waals surface area contributed by atoms with Crippen LogP contribution in [0.15, 0.2) is 40.9 Å². The van der Waals surface area contributed by atoms with Gasteiger partial charge in [0.1, 0.15) is 0 Å². The van der Waals surface area contributed by atoms with Crippen LogP contribution in [0.5, 0.6) is 0 Å². The van der Waals surface area contributed by atoms with Crippen molar-refractivity contribution in [3.63, 3.8) is 0 Å². The zero-order valence-corrected chi connectivity index (χ0v) is 15.3. The summed E-state index contributed by atoms with van der Waals surface area (Å²) in [6.45, 7) is 7.84. The molecule has 7 nitrogen and oxygen atoms in total. The molecule has 26 heavy (non-hydrogen) atoms. The Morgan fingerprint density at radius 3 is 2.35 bits per heavy atom. The molecule has 0 aliphatic rings. The number of rotatable bonds is 5. The summed E-state index contributed by atoms with van der Waals surface area (Å²) >= 11 is 0. The van der Waals surface area contributed by atoms with Gasteiger partial charge in [0.15, 0.2) is 5.82 Å². The van der Waals surface area contributed by atoms with E-state index in [1.54, 1.807) is 24.0 Å². The zero-order chi connectivity index (χ0) is 18.7. The van der Waals surface area contributed by atoms with Crippen LogP contribution >= 0.6 is 0 Å². The van der Waals surface area contributed by atoms with Crippen molar-refractivity contribution in [3.05, 3.63) is 59.4 Å². The summed E-state index contributed by atoms with van der Waals surface area (Å²) in [5.41, 5.74) is 3.16. The van der Waals surface area contributed by atoms with Crippen molar-refractivity contribution in [2.24, 2.45) is 0 Å². The molecule has 0 bridgehead atoms. The highest BCUT2D eigenvalue weighted by atomic mass is 16.5. The van der Waals surface area contributed by atoms with E-state index in [2.05, 4.69) is 20.3 Å². The topological polar surface area (TPSA) is 85.0 Å². The maximum absolute atomic E-state index is 12.9. The number of hydrogen-bond donors (Lipinski definition) is 0. The second-order valence-corrected chi connectivity index (χ2v) is 6.39. The number of nitrogens with zero attached hydrogens (tertiary/aromatic N) is 5. The molecule has 134 valence electrons. The highest BCUT2D eigenvalue weighted by Gasteiger charge is 2.21. The van der Waals surface area contributed by atoms with E-state index in [1.807, 2.05) is 45.0 Å². The molecule has 0 N–H and O–H groups in total. The molecule has 0 radical (unpaired) electrons. The molecule has 0 aliphatic heterocycles. The first-order chi connectivity index (χ1) is 12.4. The van der Waals surface area contributed by atoms with Crippen LogP contribution in [0.3, 0.4) is 0 Å². The number of aryl methyl sites for hydroxylation is 2. The number of benzene rings is 1. The maximum Gasteiger partial charge on any atom is 0.254 e. The molecule has 7 heteroatoms. The van der Waals surface area contributed by atoms with Crippen LogP contribution in [-0.4, -0.2) is 37.2 Å². The second kappa shape index (κ2) is 7.43. The molecule has 2 heterocycles. The Hall–Kier alpha value is -3.09. The van der Waals surface area contributed by atoms with Gasteiger partial charge >= 0.3 is 0 Å². The summed E-state index contributed by atoms with van der Waals surface area (Å²) in [6.07, 6.45) is 0. The Labute approximate surface area is 152 Å². The van der Waals surface area contributed by atoms with E-state index in [4.69, 9.17) is 4.52 Å². The molecule has 1 amide bonds. The summed E-state index contributed by atoms with van der Waals surface area (Å²) in [5, 5.41) is 12.1. The quantitative estimate of drug-likeness (QED) is 0.702. The van der Waals surface area contributed by atoms with Crippen LogP contribution in [0.1, 0.15) is 41.6 Å². The minimum Gasteiger partial charge on any atom is -0.340 e. The number of aromatic nitrogens is 4. The van der Waals surface area contributed by atoms with Crippen molar-refractivity contribution in [1.29, 1.82) is 0 Å². The summed E-state index contributed by atoms with van der Waals surface area (Å²) in [5.74, 6) is 0.903. The average molecular weight is 351 g/mol. The Bertz CT molecular complexity index is 885. The van der Waals surface area contributed by atoms with Gasteiger partial charge in [0.25, 0.3) is 5.91 Å². The minimum absolute atomic E-state index is 0.00366. The molecule has 2 aromatic heterocycles. The van der Waals surface area contributed by atoms with E-state index in [-0.39, 0.29) is 11.9 Å². The van der Waals surface area contributed by atoms with Crippen molar-refractivity contribution in [2.75, 3.05) is 0 Å². The molecule has 1 aromatic carbocycles. The first-order valence-corrected chi connectivity index (χ1v) is 8.45. The first kappa shape index (κ1) is 17.7. The van der Waals surface area contributed by atoms with Crippen LogP contribution in [0.25, 0.3) is 11.3 Å². The van der Waals surface area contributed by atoms with Gasteiger partial charge in [-0.1, -0.05) is 17.3 Å². The molecular formula is C19H21N5O2. The van der Waals surface area contributed by atoms with E-state index in [1.165, 1.54) is 0 Å². The number of amides is 1. The van der Waals surface area contributed by atoms with Gasteiger partial charge in [0, 0.05) is 24.1 Å². The van der Waals surface area contributed by atoms with E-state index < -0.39 is 0 Å². The minimum atomic E-state index is -0.0796. The third-order valence-electron chi connectivity index (χ3n) is 3.99. The van der Waals surface area contributed by atoms with Crippen LogP contribution in [0, 0.1) is 13.8 Å². The fourth-order valence-electron chi connectivity index (χ4n) is 2.55. The molecule has 0 spiro atoms. The molecule has 0 fully saturated rings. The van der Waals surface area contributed by atoms with Gasteiger partial charge in [-0.05, 0) is 45.0 Å². The number of hydrogen-bond acceptors (Lipinski definition) is 6. The van der Waals surface area contributed by atoms with Gasteiger partial charge < -0.3 is 9.42 Å². The first-order valence-electron chi connectivity index (χ1n) is 8.45. The smallest absolute Gasteiger partial charge is 0.254 e. The van der Waals surface area contributed by atoms with Gasteiger partial charge in [-0.25, -0.2) is 0 Å². The lowest BCUT2D eigenvalue weighted by atomic mass is 10.1. The number of carbonyl (C=O) groups excluding carboxylic acids is 1. The Morgan fingerprint density at radius 1 is 1.08 bits per heavy atom. The summed E-state index contributed by atoms with van der Waals surface area (Å²) in [4.78, 5) is 18.8. The molecule has 0 saturated carbocycles. The summed E-state index contributed by atoms with van der Waals surface area (Å²) < 4.78 is 4.99. The zero-order valence-electron chi connectivity index (χ0n) is 15.3. The molecule has 0 unspecified atom stereocenters. The lowest BCUT2D eigenvalue weighted by Crippen LogP contribution is -2.36. The summed E-state index contributed by atoms with van der Waals surface area (Å²) in [6, 6.07) is 11.2. The third-order valence-corrected chi connectivity index (χ3v) is 3.99. The molecular weight excluding hydrogens is 330 g/mol. The predicted octanol–water partition coefficient (Wildman–Crippen LogP) is 3.19. The van der Waals surface area contributed by atoms with Gasteiger partial charge in [-0.2, -0.15) is 15.2 Å². The molecule has 0 aliphatic carbocycles. The van der Waals surface area contributed by atoms with Crippen molar-refractivity contribution in [2.45, 2.75) is 40.3 Å². The largest absolute Gasteiger partial charge is 0.340 e. The highest BCUT2D eigenvalue weighted by Crippen LogP contribution is 2.19. The normalized spacial score (nSPS) is 11.0. The molecule has 0 saturated heterocycles. The Kier molecular flexibility index (Phi) is 5.06. The van der Waals surface area contributed by atoms with E-state index >= 15 is 0 Å². The SMILES string of the molecule is Cc1ccc(-c2ccc(C(=O)N(Cc3noc(C)n3)C(C)C)cc2)nn1. The molecule has 3 rings (SSSR count). The standard InChI is InChI=1S/C19H21N5O2/c1-12(2)24(11-18-20-14(4)26-23-18)19(25)16-8-6-15(7-9-16)17-10-5-13(3)21-22-17/h5-10,12H,11H2,1-4H3. The van der Waals surface area contributed by atoms with Crippen molar-refractivity contribution >= 4 is 5.91 Å². The Morgan fingerprint density at radius 2 is 1.81 bits per heavy atom. The van der Waals surface area contributed by atoms with E-state index in [0.29, 0.717) is 23.8 Å². The van der Waals surface area contributed by atoms with Crippen molar-refractivity contribution in [3.8, 4) is 11.3 Å². The Balaban J connectivity index is 1.79. The van der Waals surface area contributed by atoms with Gasteiger partial charge in [0.2, 0.25) is 5.89 Å². The lowest BCUT2D eigenvalue weighted by molar-refractivity contribution is 0.0683. The van der Waals surface area contributed by atoms with E-state index in [9.17, 15) is 4.79 Å². The van der Waals surface area contributed by atoms with Crippen LogP contribution < -0.4 is 0 Å². The molecule has 3 aromatic rings. The fourth-order valence-corrected chi connectivity index (χ4v) is 2.55. The third kappa shape index (κ3) is 3.93. The number of carbonyl (C=O) groups is 1. The van der Waals surface area contributed by atoms with E-state index in [0.717, 1.165) is 17.0 Å². The molecule has 0 atom stereocenters. The van der Waals surface area contributed by atoms with Gasteiger partial charge in [-0.15, -0.1) is 0 Å². The maximum atomic E-state index is 12.9. The summed E-state index contributed by atoms with van der Waals surface area (Å²) in [7, 11) is 0. The lowest BCUT2D eigenvalue weighted by Gasteiger charge is -2.25. The van der Waals surface area contributed by atoms with Crippen LogP contribution in [0.4, 0.5) is 0 Å². The van der Waals surface area contributed by atoms with Crippen LogP contribution in [0.2, 0.25) is 0 Å². The second-order valence-electron chi connectivity index (χ2n) is 6.39. The van der Waals surface area contributed by atoms with Crippen molar-refractivity contribution in [1.82, 2.24) is 25.2 Å². The monoisotopic (exact) mass is 351 g/mol. The van der Waals surface area contributed by atoms with Gasteiger partial charge in [0.05, 0.1) is 17.9 Å². The van der Waals surface area contributed by atoms with Crippen LogP contribution in [-0.2, 0) is 6.54 Å². The van der Waals surface area contributed by atoms with Crippen molar-refractivity contribution < 1.29 is 9.32 Å².